The van der Waals surface area contributed by atoms with Crippen molar-refractivity contribution in [3.05, 3.63) is 35.9 Å². The molecule has 1 aliphatic carbocycles. The summed E-state index contributed by atoms with van der Waals surface area (Å²) in [5, 5.41) is 4.09. The van der Waals surface area contributed by atoms with Gasteiger partial charge in [0, 0.05) is 0 Å². The first-order chi connectivity index (χ1) is 8.34. The molecule has 1 aromatic rings. The van der Waals surface area contributed by atoms with Crippen molar-refractivity contribution < 1.29 is 9.53 Å². The lowest BCUT2D eigenvalue weighted by atomic mass is 9.96. The van der Waals surface area contributed by atoms with Gasteiger partial charge < -0.3 is 4.74 Å². The smallest absolute Gasteiger partial charge is 0.429 e. The van der Waals surface area contributed by atoms with Gasteiger partial charge in [-0.05, 0) is 18.4 Å². The van der Waals surface area contributed by atoms with E-state index in [0.29, 0.717) is 6.61 Å². The molecule has 91 valence electrons. The molecule has 1 radical (unpaired) electrons. The number of hydrogen-bond donors (Lipinski definition) is 0. The lowest BCUT2D eigenvalue weighted by molar-refractivity contribution is 0.131. The number of ether oxygens (including phenoxy) is 1. The Morgan fingerprint density at radius 3 is 2.59 bits per heavy atom. The topological polar surface area (TPSA) is 40.4 Å². The Hall–Kier alpha value is -1.51. The number of amides is 1. The van der Waals surface area contributed by atoms with Gasteiger partial charge in [0.15, 0.2) is 0 Å². The van der Waals surface area contributed by atoms with Crippen molar-refractivity contribution in [2.45, 2.75) is 44.8 Å². The highest BCUT2D eigenvalue weighted by Gasteiger charge is 2.18. The van der Waals surface area contributed by atoms with Crippen molar-refractivity contribution in [1.82, 2.24) is 5.32 Å². The number of nitrogens with zero attached hydrogens (tertiary/aromatic N) is 1. The molecule has 0 heterocycles. The Balaban J connectivity index is 1.70. The summed E-state index contributed by atoms with van der Waals surface area (Å²) in [5.41, 5.74) is 1.000. The molecule has 2 rings (SSSR count). The van der Waals surface area contributed by atoms with E-state index in [9.17, 15) is 4.79 Å². The zero-order valence-corrected chi connectivity index (χ0v) is 9.97. The van der Waals surface area contributed by atoms with Crippen molar-refractivity contribution >= 4 is 6.09 Å². The molecule has 1 aliphatic rings. The van der Waals surface area contributed by atoms with E-state index in [1.54, 1.807) is 0 Å². The van der Waals surface area contributed by atoms with E-state index >= 15 is 0 Å². The van der Waals surface area contributed by atoms with Gasteiger partial charge in [-0.2, -0.15) is 0 Å². The molecule has 1 saturated carbocycles. The molecule has 17 heavy (non-hydrogen) atoms. The molecule has 3 heteroatoms. The summed E-state index contributed by atoms with van der Waals surface area (Å²) in [6.07, 6.45) is 5.27. The van der Waals surface area contributed by atoms with Gasteiger partial charge in [-0.15, -0.1) is 0 Å². The molecule has 0 saturated heterocycles. The average molecular weight is 232 g/mol. The van der Waals surface area contributed by atoms with E-state index in [1.165, 1.54) is 19.3 Å². The minimum absolute atomic E-state index is 0.187. The fourth-order valence-corrected chi connectivity index (χ4v) is 2.12. The summed E-state index contributed by atoms with van der Waals surface area (Å²) in [5.74, 6) is 0. The van der Waals surface area contributed by atoms with Crippen LogP contribution < -0.4 is 5.32 Å². The average Bonchev–Trinajstić information content (AvgIpc) is 2.39. The monoisotopic (exact) mass is 232 g/mol. The predicted molar refractivity (Wildman–Crippen MR) is 65.6 cm³/mol. The number of hydrogen-bond acceptors (Lipinski definition) is 2. The van der Waals surface area contributed by atoms with Gasteiger partial charge in [-0.25, -0.2) is 10.1 Å². The Labute approximate surface area is 102 Å². The summed E-state index contributed by atoms with van der Waals surface area (Å²) in [7, 11) is 0. The number of carbonyl (C=O) groups excluding carboxylic acids is 1. The van der Waals surface area contributed by atoms with E-state index in [-0.39, 0.29) is 6.04 Å². The number of rotatable bonds is 3. The van der Waals surface area contributed by atoms with Gasteiger partial charge in [0.25, 0.3) is 0 Å². The van der Waals surface area contributed by atoms with E-state index in [0.717, 1.165) is 18.4 Å². The molecule has 0 aliphatic heterocycles. The molecule has 1 fully saturated rings. The van der Waals surface area contributed by atoms with Crippen LogP contribution in [0.4, 0.5) is 4.79 Å². The molecule has 0 spiro atoms. The third-order valence-corrected chi connectivity index (χ3v) is 3.07. The summed E-state index contributed by atoms with van der Waals surface area (Å²) in [6.45, 7) is 0.315. The second-order valence-corrected chi connectivity index (χ2v) is 4.46. The normalized spacial score (nSPS) is 16.5. The zero-order chi connectivity index (χ0) is 11.9. The molecule has 0 unspecified atom stereocenters. The molecule has 0 atom stereocenters. The second-order valence-electron chi connectivity index (χ2n) is 4.46. The largest absolute Gasteiger partial charge is 0.443 e. The van der Waals surface area contributed by atoms with Crippen LogP contribution in [-0.2, 0) is 11.3 Å². The molecule has 0 bridgehead atoms. The molecular formula is C14H18NO2. The number of carbonyl (C=O) groups is 1. The molecule has 1 aromatic carbocycles. The third-order valence-electron chi connectivity index (χ3n) is 3.07. The first kappa shape index (κ1) is 12.0. The summed E-state index contributed by atoms with van der Waals surface area (Å²) >= 11 is 0. The minimum Gasteiger partial charge on any atom is -0.443 e. The Bertz CT molecular complexity index is 344. The van der Waals surface area contributed by atoms with Crippen LogP contribution in [0.2, 0.25) is 0 Å². The number of benzene rings is 1. The molecule has 0 N–H and O–H groups in total. The Morgan fingerprint density at radius 2 is 1.88 bits per heavy atom. The van der Waals surface area contributed by atoms with Gasteiger partial charge in [0.05, 0.1) is 6.04 Å². The van der Waals surface area contributed by atoms with E-state index in [2.05, 4.69) is 5.32 Å². The highest BCUT2D eigenvalue weighted by molar-refractivity contribution is 5.67. The van der Waals surface area contributed by atoms with E-state index < -0.39 is 6.09 Å². The Morgan fingerprint density at radius 1 is 1.18 bits per heavy atom. The van der Waals surface area contributed by atoms with Crippen LogP contribution in [0.3, 0.4) is 0 Å². The molecule has 3 nitrogen and oxygen atoms in total. The minimum atomic E-state index is -0.416. The zero-order valence-electron chi connectivity index (χ0n) is 9.97. The first-order valence-corrected chi connectivity index (χ1v) is 6.26. The molecule has 1 amide bonds. The summed E-state index contributed by atoms with van der Waals surface area (Å²) < 4.78 is 5.13. The Kier molecular flexibility index (Phi) is 4.42. The van der Waals surface area contributed by atoms with Crippen LogP contribution in [-0.4, -0.2) is 12.1 Å². The summed E-state index contributed by atoms with van der Waals surface area (Å²) in [4.78, 5) is 11.5. The van der Waals surface area contributed by atoms with E-state index in [1.807, 2.05) is 30.3 Å². The SMILES string of the molecule is O=C([N]C1CCCCC1)OCc1ccccc1. The van der Waals surface area contributed by atoms with Gasteiger partial charge in [-0.1, -0.05) is 49.6 Å². The fourth-order valence-electron chi connectivity index (χ4n) is 2.12. The highest BCUT2D eigenvalue weighted by Crippen LogP contribution is 2.18. The quantitative estimate of drug-likeness (QED) is 0.802. The lowest BCUT2D eigenvalue weighted by Crippen LogP contribution is -2.30. The second kappa shape index (κ2) is 6.28. The molecular weight excluding hydrogens is 214 g/mol. The van der Waals surface area contributed by atoms with Crippen molar-refractivity contribution in [2.75, 3.05) is 0 Å². The van der Waals surface area contributed by atoms with Crippen LogP contribution in [0.25, 0.3) is 0 Å². The van der Waals surface area contributed by atoms with Crippen LogP contribution in [0.5, 0.6) is 0 Å². The fraction of sp³-hybridized carbons (Fsp3) is 0.500. The molecule has 0 aromatic heterocycles. The predicted octanol–water partition coefficient (Wildman–Crippen LogP) is 3.26. The maximum absolute atomic E-state index is 11.5. The van der Waals surface area contributed by atoms with Crippen LogP contribution in [0.1, 0.15) is 37.7 Å². The van der Waals surface area contributed by atoms with Crippen LogP contribution >= 0.6 is 0 Å². The standard InChI is InChI=1S/C14H18NO2/c16-14(15-13-9-5-2-6-10-13)17-11-12-7-3-1-4-8-12/h1,3-4,7-8,13H,2,5-6,9-11H2. The van der Waals surface area contributed by atoms with Crippen LogP contribution in [0.15, 0.2) is 30.3 Å². The van der Waals surface area contributed by atoms with Crippen LogP contribution in [0, 0.1) is 0 Å². The van der Waals surface area contributed by atoms with Gasteiger partial charge in [0.1, 0.15) is 6.61 Å². The van der Waals surface area contributed by atoms with Crippen molar-refractivity contribution in [2.24, 2.45) is 0 Å². The third kappa shape index (κ3) is 4.10. The maximum Gasteiger partial charge on any atom is 0.429 e. The van der Waals surface area contributed by atoms with Crippen molar-refractivity contribution in [3.8, 4) is 0 Å². The van der Waals surface area contributed by atoms with Crippen molar-refractivity contribution in [1.29, 1.82) is 0 Å². The maximum atomic E-state index is 11.5. The first-order valence-electron chi connectivity index (χ1n) is 6.26. The highest BCUT2D eigenvalue weighted by atomic mass is 16.5. The van der Waals surface area contributed by atoms with E-state index in [4.69, 9.17) is 4.74 Å². The van der Waals surface area contributed by atoms with Gasteiger partial charge in [0.2, 0.25) is 0 Å². The van der Waals surface area contributed by atoms with Gasteiger partial charge >= 0.3 is 6.09 Å². The van der Waals surface area contributed by atoms with Crippen molar-refractivity contribution in [3.63, 3.8) is 0 Å². The van der Waals surface area contributed by atoms with Gasteiger partial charge in [-0.3, -0.25) is 0 Å². The lowest BCUT2D eigenvalue weighted by Gasteiger charge is -2.19. The summed E-state index contributed by atoms with van der Waals surface area (Å²) in [6, 6.07) is 9.87.